The van der Waals surface area contributed by atoms with Crippen LogP contribution in [0, 0.1) is 0 Å². The van der Waals surface area contributed by atoms with Gasteiger partial charge in [0.2, 0.25) is 0 Å². The number of benzene rings is 1. The summed E-state index contributed by atoms with van der Waals surface area (Å²) in [6.45, 7) is 4.53. The number of imidazole rings is 1. The SMILES string of the molecule is C=C(F)/C(=C\C=C(/CF)OC)c1cnc2c(Nc3ccc(C=O)c(CC)c3)nccn12. The Morgan fingerprint density at radius 1 is 1.32 bits per heavy atom. The number of halogens is 2. The Morgan fingerprint density at radius 2 is 2.13 bits per heavy atom. The van der Waals surface area contributed by atoms with E-state index in [1.54, 1.807) is 28.9 Å². The zero-order valence-corrected chi connectivity index (χ0v) is 17.2. The van der Waals surface area contributed by atoms with Crippen LogP contribution in [0.25, 0.3) is 11.2 Å². The van der Waals surface area contributed by atoms with Gasteiger partial charge in [-0.15, -0.1) is 0 Å². The molecule has 0 aliphatic rings. The van der Waals surface area contributed by atoms with Crippen LogP contribution in [0.2, 0.25) is 0 Å². The van der Waals surface area contributed by atoms with Crippen LogP contribution in [-0.2, 0) is 11.2 Å². The number of hydrogen-bond acceptors (Lipinski definition) is 5. The number of alkyl halides is 1. The molecule has 6 nitrogen and oxygen atoms in total. The van der Waals surface area contributed by atoms with Crippen LogP contribution in [0.15, 0.2) is 67.1 Å². The molecule has 0 spiro atoms. The van der Waals surface area contributed by atoms with Gasteiger partial charge in [0.05, 0.1) is 19.0 Å². The van der Waals surface area contributed by atoms with Crippen molar-refractivity contribution in [2.45, 2.75) is 13.3 Å². The smallest absolute Gasteiger partial charge is 0.180 e. The molecule has 8 heteroatoms. The van der Waals surface area contributed by atoms with E-state index in [1.165, 1.54) is 25.5 Å². The number of anilines is 2. The summed E-state index contributed by atoms with van der Waals surface area (Å²) in [5.41, 5.74) is 3.30. The number of aryl methyl sites for hydroxylation is 1. The van der Waals surface area contributed by atoms with Crippen molar-refractivity contribution in [1.82, 2.24) is 14.4 Å². The van der Waals surface area contributed by atoms with E-state index < -0.39 is 12.5 Å². The monoisotopic (exact) mass is 424 g/mol. The van der Waals surface area contributed by atoms with Gasteiger partial charge in [0.15, 0.2) is 11.5 Å². The molecule has 0 saturated carbocycles. The molecule has 0 bridgehead atoms. The zero-order valence-electron chi connectivity index (χ0n) is 17.2. The van der Waals surface area contributed by atoms with Gasteiger partial charge in [-0.2, -0.15) is 0 Å². The molecule has 1 N–H and O–H groups in total. The maximum atomic E-state index is 14.2. The van der Waals surface area contributed by atoms with Crippen LogP contribution in [0.4, 0.5) is 20.3 Å². The van der Waals surface area contributed by atoms with Crippen molar-refractivity contribution in [1.29, 1.82) is 0 Å². The molecule has 0 unspecified atom stereocenters. The van der Waals surface area contributed by atoms with Crippen molar-refractivity contribution in [3.8, 4) is 0 Å². The largest absolute Gasteiger partial charge is 0.498 e. The number of nitrogens with one attached hydrogen (secondary N) is 1. The van der Waals surface area contributed by atoms with Crippen molar-refractivity contribution in [2.24, 2.45) is 0 Å². The number of carbonyl (C=O) groups excluding carboxylic acids is 1. The zero-order chi connectivity index (χ0) is 22.4. The van der Waals surface area contributed by atoms with Gasteiger partial charge >= 0.3 is 0 Å². The first-order chi connectivity index (χ1) is 15.0. The second kappa shape index (κ2) is 9.80. The van der Waals surface area contributed by atoms with Gasteiger partial charge in [0.1, 0.15) is 24.5 Å². The van der Waals surface area contributed by atoms with Crippen LogP contribution < -0.4 is 5.32 Å². The molecule has 2 aromatic heterocycles. The van der Waals surface area contributed by atoms with E-state index in [0.29, 0.717) is 29.1 Å². The number of hydrogen-bond donors (Lipinski definition) is 1. The number of aldehydes is 1. The molecule has 3 aromatic rings. The van der Waals surface area contributed by atoms with Crippen LogP contribution in [-0.4, -0.2) is 34.4 Å². The van der Waals surface area contributed by atoms with Crippen LogP contribution in [0.3, 0.4) is 0 Å². The minimum Gasteiger partial charge on any atom is -0.498 e. The molecule has 3 rings (SSSR count). The summed E-state index contributed by atoms with van der Waals surface area (Å²) < 4.78 is 33.6. The molecule has 2 heterocycles. The minimum atomic E-state index is -0.813. The highest BCUT2D eigenvalue weighted by atomic mass is 19.1. The average molecular weight is 424 g/mol. The molecule has 0 atom stereocenters. The molecule has 0 radical (unpaired) electrons. The molecule has 0 amide bonds. The number of fused-ring (bicyclic) bond motifs is 1. The molecular formula is C23H22F2N4O2. The van der Waals surface area contributed by atoms with E-state index in [9.17, 15) is 13.6 Å². The maximum Gasteiger partial charge on any atom is 0.180 e. The molecule has 0 saturated heterocycles. The molecule has 1 aromatic carbocycles. The Balaban J connectivity index is 2.03. The molecule has 160 valence electrons. The lowest BCUT2D eigenvalue weighted by molar-refractivity contribution is 0.112. The second-order valence-electron chi connectivity index (χ2n) is 6.58. The Kier molecular flexibility index (Phi) is 6.92. The van der Waals surface area contributed by atoms with E-state index in [1.807, 2.05) is 13.0 Å². The van der Waals surface area contributed by atoms with Crippen molar-refractivity contribution in [3.05, 3.63) is 83.9 Å². The van der Waals surface area contributed by atoms with Crippen molar-refractivity contribution in [3.63, 3.8) is 0 Å². The first-order valence-electron chi connectivity index (χ1n) is 9.55. The van der Waals surface area contributed by atoms with Gasteiger partial charge in [0.25, 0.3) is 0 Å². The number of allylic oxidation sites excluding steroid dienone is 5. The molecule has 0 aliphatic heterocycles. The van der Waals surface area contributed by atoms with Gasteiger partial charge in [0, 0.05) is 29.2 Å². The third-order valence-corrected chi connectivity index (χ3v) is 4.74. The minimum absolute atomic E-state index is 0.0575. The van der Waals surface area contributed by atoms with Crippen molar-refractivity contribution >= 4 is 29.0 Å². The standard InChI is InChI=1S/C23H22F2N4O2/c1-4-16-11-18(6-5-17(16)14-30)28-22-23-27-13-21(29(23)10-9-26-22)20(15(2)25)8-7-19(12-24)31-3/h5-11,13-14H,2,4,12H2,1,3H3,(H,26,28)/b19-7+,20-8+. The van der Waals surface area contributed by atoms with E-state index in [4.69, 9.17) is 4.74 Å². The number of aromatic nitrogens is 3. The lowest BCUT2D eigenvalue weighted by atomic mass is 10.1. The molecular weight excluding hydrogens is 402 g/mol. The lowest BCUT2D eigenvalue weighted by Gasteiger charge is -2.10. The highest BCUT2D eigenvalue weighted by molar-refractivity contribution is 5.81. The Labute approximate surface area is 178 Å². The van der Waals surface area contributed by atoms with E-state index in [2.05, 4.69) is 21.9 Å². The summed E-state index contributed by atoms with van der Waals surface area (Å²) in [4.78, 5) is 19.9. The summed E-state index contributed by atoms with van der Waals surface area (Å²) in [6, 6.07) is 5.39. The first-order valence-corrected chi connectivity index (χ1v) is 9.55. The quantitative estimate of drug-likeness (QED) is 0.290. The van der Waals surface area contributed by atoms with E-state index >= 15 is 0 Å². The Bertz CT molecular complexity index is 1180. The van der Waals surface area contributed by atoms with Gasteiger partial charge in [-0.05, 0) is 42.3 Å². The number of nitrogens with zero attached hydrogens (tertiary/aromatic N) is 3. The number of methoxy groups -OCH3 is 1. The lowest BCUT2D eigenvalue weighted by Crippen LogP contribution is -2.01. The molecule has 31 heavy (non-hydrogen) atoms. The highest BCUT2D eigenvalue weighted by Crippen LogP contribution is 2.27. The van der Waals surface area contributed by atoms with E-state index in [0.717, 1.165) is 17.5 Å². The number of ether oxygens (including phenoxy) is 1. The highest BCUT2D eigenvalue weighted by Gasteiger charge is 2.15. The maximum absolute atomic E-state index is 14.2. The van der Waals surface area contributed by atoms with Gasteiger partial charge in [-0.3, -0.25) is 9.20 Å². The fourth-order valence-electron chi connectivity index (χ4n) is 3.11. The van der Waals surface area contributed by atoms with Crippen molar-refractivity contribution in [2.75, 3.05) is 19.1 Å². The van der Waals surface area contributed by atoms with E-state index in [-0.39, 0.29) is 11.3 Å². The van der Waals surface area contributed by atoms with Crippen LogP contribution in [0.1, 0.15) is 28.5 Å². The third-order valence-electron chi connectivity index (χ3n) is 4.74. The first kappa shape index (κ1) is 21.9. The van der Waals surface area contributed by atoms with Gasteiger partial charge in [-0.25, -0.2) is 18.7 Å². The summed E-state index contributed by atoms with van der Waals surface area (Å²) in [7, 11) is 1.34. The summed E-state index contributed by atoms with van der Waals surface area (Å²) >= 11 is 0. The van der Waals surface area contributed by atoms with Gasteiger partial charge in [-0.1, -0.05) is 13.5 Å². The van der Waals surface area contributed by atoms with Crippen LogP contribution >= 0.6 is 0 Å². The average Bonchev–Trinajstić information content (AvgIpc) is 3.21. The third kappa shape index (κ3) is 4.69. The fourth-order valence-corrected chi connectivity index (χ4v) is 3.11. The topological polar surface area (TPSA) is 68.5 Å². The Morgan fingerprint density at radius 3 is 2.77 bits per heavy atom. The van der Waals surface area contributed by atoms with Crippen LogP contribution in [0.5, 0.6) is 0 Å². The summed E-state index contributed by atoms with van der Waals surface area (Å²) in [5.74, 6) is -0.187. The normalized spacial score (nSPS) is 12.1. The summed E-state index contributed by atoms with van der Waals surface area (Å²) in [6.07, 6.45) is 8.95. The number of carbonyl (C=O) groups is 1. The Hall–Kier alpha value is -3.81. The predicted octanol–water partition coefficient (Wildman–Crippen LogP) is 5.21. The predicted molar refractivity (Wildman–Crippen MR) is 117 cm³/mol. The molecule has 0 aliphatic carbocycles. The number of rotatable bonds is 9. The molecule has 0 fully saturated rings. The second-order valence-corrected chi connectivity index (χ2v) is 6.58. The van der Waals surface area contributed by atoms with Crippen molar-refractivity contribution < 1.29 is 18.3 Å². The van der Waals surface area contributed by atoms with Gasteiger partial charge < -0.3 is 10.1 Å². The summed E-state index contributed by atoms with van der Waals surface area (Å²) in [5, 5.41) is 3.20. The fraction of sp³-hybridized carbons (Fsp3) is 0.174.